The van der Waals surface area contributed by atoms with Crippen molar-refractivity contribution >= 4 is 15.9 Å². The zero-order valence-electron chi connectivity index (χ0n) is 12.0. The minimum absolute atomic E-state index is 0.247. The number of benzene rings is 1. The van der Waals surface area contributed by atoms with Gasteiger partial charge in [0.2, 0.25) is 0 Å². The van der Waals surface area contributed by atoms with Gasteiger partial charge in [0, 0.05) is 17.7 Å². The van der Waals surface area contributed by atoms with Crippen molar-refractivity contribution in [3.8, 4) is 5.75 Å². The third-order valence-electron chi connectivity index (χ3n) is 5.14. The fourth-order valence-corrected chi connectivity index (χ4v) is 4.63. The zero-order chi connectivity index (χ0) is 14.3. The van der Waals surface area contributed by atoms with E-state index in [1.165, 1.54) is 31.7 Å². The highest BCUT2D eigenvalue weighted by Crippen LogP contribution is 2.53. The predicted octanol–water partition coefficient (Wildman–Crippen LogP) is 4.29. The van der Waals surface area contributed by atoms with Crippen LogP contribution in [0.5, 0.6) is 5.75 Å². The normalized spacial score (nSPS) is 29.7. The third kappa shape index (κ3) is 2.37. The summed E-state index contributed by atoms with van der Waals surface area (Å²) < 4.78 is 19.6. The van der Waals surface area contributed by atoms with Crippen LogP contribution in [0.2, 0.25) is 0 Å². The first kappa shape index (κ1) is 14.3. The molecular formula is C16H21BrFNO. The molecule has 2 aliphatic carbocycles. The molecule has 2 nitrogen and oxygen atoms in total. The number of hydrogen-bond acceptors (Lipinski definition) is 2. The number of fused-ring (bicyclic) bond motifs is 2. The Morgan fingerprint density at radius 3 is 2.70 bits per heavy atom. The summed E-state index contributed by atoms with van der Waals surface area (Å²) in [6, 6.07) is 3.61. The fourth-order valence-electron chi connectivity index (χ4n) is 4.27. The molecule has 0 aromatic heterocycles. The predicted molar refractivity (Wildman–Crippen MR) is 81.4 cm³/mol. The van der Waals surface area contributed by atoms with Crippen LogP contribution in [0.4, 0.5) is 4.39 Å². The van der Waals surface area contributed by atoms with Gasteiger partial charge in [-0.1, -0.05) is 6.42 Å². The largest absolute Gasteiger partial charge is 0.496 e. The standard InChI is InChI=1S/C16H21BrFNO/c1-19-16(11-6-9-3-4-10(11)5-9)12-7-13(17)14(18)8-15(12)20-2/h7-11,16,19H,3-6H2,1-2H3. The lowest BCUT2D eigenvalue weighted by atomic mass is 9.80. The summed E-state index contributed by atoms with van der Waals surface area (Å²) in [5, 5.41) is 3.44. The Labute approximate surface area is 128 Å². The Morgan fingerprint density at radius 2 is 2.15 bits per heavy atom. The summed E-state index contributed by atoms with van der Waals surface area (Å²) >= 11 is 3.30. The van der Waals surface area contributed by atoms with E-state index in [0.29, 0.717) is 16.1 Å². The Kier molecular flexibility index (Phi) is 4.04. The van der Waals surface area contributed by atoms with Crippen LogP contribution >= 0.6 is 15.9 Å². The van der Waals surface area contributed by atoms with Crippen molar-refractivity contribution in [2.24, 2.45) is 17.8 Å². The molecule has 0 radical (unpaired) electrons. The first-order chi connectivity index (χ1) is 9.63. The van der Waals surface area contributed by atoms with E-state index in [0.717, 1.165) is 17.4 Å². The lowest BCUT2D eigenvalue weighted by molar-refractivity contribution is 0.254. The van der Waals surface area contributed by atoms with Gasteiger partial charge in [0.05, 0.1) is 11.6 Å². The Balaban J connectivity index is 1.95. The Hall–Kier alpha value is -0.610. The van der Waals surface area contributed by atoms with E-state index in [2.05, 4.69) is 21.2 Å². The highest BCUT2D eigenvalue weighted by atomic mass is 79.9. The number of halogens is 2. The molecule has 0 aliphatic heterocycles. The van der Waals surface area contributed by atoms with Crippen molar-refractivity contribution in [1.29, 1.82) is 0 Å². The number of rotatable bonds is 4. The summed E-state index contributed by atoms with van der Waals surface area (Å²) in [4.78, 5) is 0. The Bertz CT molecular complexity index is 507. The van der Waals surface area contributed by atoms with Crippen LogP contribution in [-0.2, 0) is 0 Å². The average Bonchev–Trinajstić information content (AvgIpc) is 3.06. The zero-order valence-corrected chi connectivity index (χ0v) is 13.5. The second-order valence-corrected chi connectivity index (χ2v) is 6.97. The molecule has 3 rings (SSSR count). The summed E-state index contributed by atoms with van der Waals surface area (Å²) in [6.07, 6.45) is 5.39. The molecule has 0 spiro atoms. The maximum atomic E-state index is 13.7. The SMILES string of the molecule is CNC(c1cc(Br)c(F)cc1OC)C1CC2CCC1C2. The second kappa shape index (κ2) is 5.64. The van der Waals surface area contributed by atoms with E-state index in [1.807, 2.05) is 13.1 Å². The molecule has 1 N–H and O–H groups in total. The summed E-state index contributed by atoms with van der Waals surface area (Å²) in [5.74, 6) is 2.73. The van der Waals surface area contributed by atoms with E-state index < -0.39 is 0 Å². The first-order valence-corrected chi connectivity index (χ1v) is 8.13. The van der Waals surface area contributed by atoms with Crippen LogP contribution in [0.1, 0.15) is 37.3 Å². The lowest BCUT2D eigenvalue weighted by Gasteiger charge is -2.31. The van der Waals surface area contributed by atoms with E-state index in [1.54, 1.807) is 7.11 Å². The summed E-state index contributed by atoms with van der Waals surface area (Å²) in [5.41, 5.74) is 1.07. The van der Waals surface area contributed by atoms with Crippen LogP contribution < -0.4 is 10.1 Å². The second-order valence-electron chi connectivity index (χ2n) is 6.11. The van der Waals surface area contributed by atoms with Gasteiger partial charge >= 0.3 is 0 Å². The highest BCUT2D eigenvalue weighted by Gasteiger charge is 2.43. The highest BCUT2D eigenvalue weighted by molar-refractivity contribution is 9.10. The van der Waals surface area contributed by atoms with Crippen LogP contribution in [0.3, 0.4) is 0 Å². The number of methoxy groups -OCH3 is 1. The minimum Gasteiger partial charge on any atom is -0.496 e. The van der Waals surface area contributed by atoms with Gasteiger partial charge in [-0.2, -0.15) is 0 Å². The van der Waals surface area contributed by atoms with Gasteiger partial charge in [0.15, 0.2) is 0 Å². The molecule has 0 saturated heterocycles. The van der Waals surface area contributed by atoms with Gasteiger partial charge in [-0.25, -0.2) is 4.39 Å². The number of hydrogen-bond donors (Lipinski definition) is 1. The molecule has 2 saturated carbocycles. The summed E-state index contributed by atoms with van der Waals surface area (Å²) in [6.45, 7) is 0. The molecule has 4 atom stereocenters. The molecule has 2 fully saturated rings. The monoisotopic (exact) mass is 341 g/mol. The smallest absolute Gasteiger partial charge is 0.141 e. The molecule has 20 heavy (non-hydrogen) atoms. The number of nitrogens with one attached hydrogen (secondary N) is 1. The van der Waals surface area contributed by atoms with Gasteiger partial charge in [0.1, 0.15) is 11.6 Å². The molecule has 4 heteroatoms. The molecule has 0 heterocycles. The molecule has 2 bridgehead atoms. The van der Waals surface area contributed by atoms with E-state index >= 15 is 0 Å². The van der Waals surface area contributed by atoms with Crippen molar-refractivity contribution in [3.63, 3.8) is 0 Å². The average molecular weight is 342 g/mol. The third-order valence-corrected chi connectivity index (χ3v) is 5.75. The van der Waals surface area contributed by atoms with Crippen LogP contribution in [0, 0.1) is 23.6 Å². The molecule has 0 amide bonds. The number of ether oxygens (including phenoxy) is 1. The topological polar surface area (TPSA) is 21.3 Å². The van der Waals surface area contributed by atoms with Crippen molar-refractivity contribution in [2.45, 2.75) is 31.7 Å². The van der Waals surface area contributed by atoms with Crippen molar-refractivity contribution in [2.75, 3.05) is 14.2 Å². The maximum Gasteiger partial charge on any atom is 0.141 e. The quantitative estimate of drug-likeness (QED) is 0.881. The van der Waals surface area contributed by atoms with E-state index in [9.17, 15) is 4.39 Å². The van der Waals surface area contributed by atoms with Gasteiger partial charge in [-0.05, 0) is 66.1 Å². The molecule has 110 valence electrons. The van der Waals surface area contributed by atoms with Crippen LogP contribution in [0.25, 0.3) is 0 Å². The fraction of sp³-hybridized carbons (Fsp3) is 0.625. The maximum absolute atomic E-state index is 13.7. The van der Waals surface area contributed by atoms with Crippen molar-refractivity contribution in [3.05, 3.63) is 28.0 Å². The molecule has 4 unspecified atom stereocenters. The molecular weight excluding hydrogens is 321 g/mol. The molecule has 1 aromatic carbocycles. The van der Waals surface area contributed by atoms with Gasteiger partial charge < -0.3 is 10.1 Å². The van der Waals surface area contributed by atoms with Crippen molar-refractivity contribution in [1.82, 2.24) is 5.32 Å². The lowest BCUT2D eigenvalue weighted by Crippen LogP contribution is -2.29. The first-order valence-electron chi connectivity index (χ1n) is 7.34. The summed E-state index contributed by atoms with van der Waals surface area (Å²) in [7, 11) is 3.60. The van der Waals surface area contributed by atoms with E-state index in [-0.39, 0.29) is 11.9 Å². The van der Waals surface area contributed by atoms with Gasteiger partial charge in [0.25, 0.3) is 0 Å². The van der Waals surface area contributed by atoms with E-state index in [4.69, 9.17) is 4.74 Å². The van der Waals surface area contributed by atoms with Gasteiger partial charge in [-0.3, -0.25) is 0 Å². The molecule has 1 aromatic rings. The van der Waals surface area contributed by atoms with Gasteiger partial charge in [-0.15, -0.1) is 0 Å². The minimum atomic E-state index is -0.270. The van der Waals surface area contributed by atoms with Crippen molar-refractivity contribution < 1.29 is 9.13 Å². The molecule has 2 aliphatic rings. The van der Waals surface area contributed by atoms with Crippen LogP contribution in [0.15, 0.2) is 16.6 Å². The Morgan fingerprint density at radius 1 is 1.35 bits per heavy atom. The van der Waals surface area contributed by atoms with Crippen LogP contribution in [-0.4, -0.2) is 14.2 Å².